The smallest absolute Gasteiger partial charge is 0.269 e. The maximum Gasteiger partial charge on any atom is 0.269 e. The fourth-order valence-electron chi connectivity index (χ4n) is 2.74. The Morgan fingerprint density at radius 2 is 2.08 bits per heavy atom. The Hall–Kier alpha value is -3.09. The van der Waals surface area contributed by atoms with Crippen molar-refractivity contribution >= 4 is 17.3 Å². The number of nitrogens with zero attached hydrogens (tertiary/aromatic N) is 1. The first kappa shape index (κ1) is 16.8. The number of nitro benzene ring substituents is 1. The van der Waals surface area contributed by atoms with E-state index >= 15 is 0 Å². The molecule has 1 amide bonds. The zero-order valence-electron chi connectivity index (χ0n) is 13.9. The number of non-ortho nitro benzene ring substituents is 1. The number of hydrogen-bond acceptors (Lipinski definition) is 5. The Morgan fingerprint density at radius 1 is 1.36 bits per heavy atom. The van der Waals surface area contributed by atoms with E-state index < -0.39 is 4.92 Å². The maximum atomic E-state index is 12.4. The molecule has 1 heterocycles. The van der Waals surface area contributed by atoms with Crippen LogP contribution in [0.2, 0.25) is 0 Å². The highest BCUT2D eigenvalue weighted by Gasteiger charge is 2.23. The van der Waals surface area contributed by atoms with E-state index in [0.29, 0.717) is 23.6 Å². The molecule has 0 saturated carbocycles. The molecule has 7 heteroatoms. The molecule has 0 aliphatic carbocycles. The number of amides is 1. The van der Waals surface area contributed by atoms with Crippen molar-refractivity contribution in [3.8, 4) is 11.5 Å². The predicted molar refractivity (Wildman–Crippen MR) is 92.5 cm³/mol. The van der Waals surface area contributed by atoms with Gasteiger partial charge in [-0.3, -0.25) is 14.9 Å². The Bertz CT molecular complexity index is 817. The second-order valence-electron chi connectivity index (χ2n) is 5.78. The van der Waals surface area contributed by atoms with Gasteiger partial charge < -0.3 is 14.8 Å². The van der Waals surface area contributed by atoms with Gasteiger partial charge in [-0.15, -0.1) is 0 Å². The molecule has 130 valence electrons. The molecule has 0 spiro atoms. The lowest BCUT2D eigenvalue weighted by molar-refractivity contribution is -0.384. The minimum atomic E-state index is -0.506. The minimum absolute atomic E-state index is 0.0635. The quantitative estimate of drug-likeness (QED) is 0.662. The standard InChI is InChI=1S/C18H18N2O5/c1-3-24-17-9-13-8-11(2)25-16(13)10-15(17)19-18(21)12-4-6-14(7-5-12)20(22)23/h4-7,9-11H,3,8H2,1-2H3,(H,19,21). The molecule has 1 aliphatic heterocycles. The summed E-state index contributed by atoms with van der Waals surface area (Å²) >= 11 is 0. The van der Waals surface area contributed by atoms with Crippen LogP contribution in [0.5, 0.6) is 11.5 Å². The van der Waals surface area contributed by atoms with E-state index in [4.69, 9.17) is 9.47 Å². The summed E-state index contributed by atoms with van der Waals surface area (Å²) in [5.41, 5.74) is 1.82. The fraction of sp³-hybridized carbons (Fsp3) is 0.278. The molecular formula is C18H18N2O5. The highest BCUT2D eigenvalue weighted by atomic mass is 16.6. The van der Waals surface area contributed by atoms with Crippen molar-refractivity contribution in [1.82, 2.24) is 0 Å². The lowest BCUT2D eigenvalue weighted by Crippen LogP contribution is -2.13. The number of carbonyl (C=O) groups excluding carboxylic acids is 1. The van der Waals surface area contributed by atoms with Crippen molar-refractivity contribution in [2.45, 2.75) is 26.4 Å². The molecule has 0 radical (unpaired) electrons. The van der Waals surface area contributed by atoms with Gasteiger partial charge in [-0.1, -0.05) is 0 Å². The zero-order chi connectivity index (χ0) is 18.0. The number of nitro groups is 1. The molecule has 2 aromatic carbocycles. The summed E-state index contributed by atoms with van der Waals surface area (Å²) in [4.78, 5) is 22.6. The molecule has 0 fully saturated rings. The van der Waals surface area contributed by atoms with E-state index in [1.807, 2.05) is 19.9 Å². The van der Waals surface area contributed by atoms with Gasteiger partial charge in [0.15, 0.2) is 0 Å². The number of hydrogen-bond donors (Lipinski definition) is 1. The van der Waals surface area contributed by atoms with Gasteiger partial charge in [-0.25, -0.2) is 0 Å². The summed E-state index contributed by atoms with van der Waals surface area (Å²) in [6, 6.07) is 9.07. The van der Waals surface area contributed by atoms with E-state index in [-0.39, 0.29) is 17.7 Å². The van der Waals surface area contributed by atoms with Crippen molar-refractivity contribution < 1.29 is 19.2 Å². The van der Waals surface area contributed by atoms with Gasteiger partial charge in [0.1, 0.15) is 17.6 Å². The van der Waals surface area contributed by atoms with Crippen LogP contribution < -0.4 is 14.8 Å². The van der Waals surface area contributed by atoms with Crippen molar-refractivity contribution in [2.75, 3.05) is 11.9 Å². The van der Waals surface area contributed by atoms with Crippen LogP contribution in [-0.2, 0) is 6.42 Å². The average molecular weight is 342 g/mol. The minimum Gasteiger partial charge on any atom is -0.492 e. The van der Waals surface area contributed by atoms with Crippen LogP contribution in [0.4, 0.5) is 11.4 Å². The largest absolute Gasteiger partial charge is 0.492 e. The number of benzene rings is 2. The molecule has 7 nitrogen and oxygen atoms in total. The highest BCUT2D eigenvalue weighted by Crippen LogP contribution is 2.38. The van der Waals surface area contributed by atoms with Crippen molar-refractivity contribution in [2.24, 2.45) is 0 Å². The Morgan fingerprint density at radius 3 is 2.72 bits per heavy atom. The van der Waals surface area contributed by atoms with Crippen LogP contribution in [0.25, 0.3) is 0 Å². The van der Waals surface area contributed by atoms with Gasteiger partial charge >= 0.3 is 0 Å². The Labute approximate surface area is 144 Å². The lowest BCUT2D eigenvalue weighted by Gasteiger charge is -2.13. The van der Waals surface area contributed by atoms with E-state index in [1.54, 1.807) is 6.07 Å². The SMILES string of the molecule is CCOc1cc2c(cc1NC(=O)c1ccc([N+](=O)[O-])cc1)OC(C)C2. The summed E-state index contributed by atoms with van der Waals surface area (Å²) in [6.45, 7) is 4.32. The molecule has 1 unspecified atom stereocenters. The Balaban J connectivity index is 1.85. The van der Waals surface area contributed by atoms with Gasteiger partial charge in [-0.2, -0.15) is 0 Å². The second-order valence-corrected chi connectivity index (χ2v) is 5.78. The van der Waals surface area contributed by atoms with Crippen molar-refractivity contribution in [3.63, 3.8) is 0 Å². The van der Waals surface area contributed by atoms with Crippen molar-refractivity contribution in [3.05, 3.63) is 57.6 Å². The van der Waals surface area contributed by atoms with Crippen LogP contribution in [0.15, 0.2) is 36.4 Å². The number of anilines is 1. The van der Waals surface area contributed by atoms with E-state index in [1.165, 1.54) is 24.3 Å². The molecule has 1 aliphatic rings. The van der Waals surface area contributed by atoms with E-state index in [2.05, 4.69) is 5.32 Å². The van der Waals surface area contributed by atoms with Gasteiger partial charge in [0, 0.05) is 35.7 Å². The van der Waals surface area contributed by atoms with Crippen LogP contribution in [0, 0.1) is 10.1 Å². The summed E-state index contributed by atoms with van der Waals surface area (Å²) in [5.74, 6) is 0.936. The molecule has 0 bridgehead atoms. The highest BCUT2D eigenvalue weighted by molar-refractivity contribution is 6.05. The first-order valence-electron chi connectivity index (χ1n) is 8.00. The molecule has 1 N–H and O–H groups in total. The second kappa shape index (κ2) is 6.80. The number of carbonyl (C=O) groups is 1. The first-order chi connectivity index (χ1) is 12.0. The first-order valence-corrected chi connectivity index (χ1v) is 8.00. The van der Waals surface area contributed by atoms with Crippen LogP contribution in [-0.4, -0.2) is 23.5 Å². The Kier molecular flexibility index (Phi) is 4.56. The summed E-state index contributed by atoms with van der Waals surface area (Å²) in [5, 5.41) is 13.5. The molecule has 0 aromatic heterocycles. The molecule has 2 aromatic rings. The fourth-order valence-corrected chi connectivity index (χ4v) is 2.74. The van der Waals surface area contributed by atoms with Gasteiger partial charge in [0.05, 0.1) is 17.2 Å². The van der Waals surface area contributed by atoms with Crippen LogP contribution in [0.1, 0.15) is 29.8 Å². The van der Waals surface area contributed by atoms with E-state index in [0.717, 1.165) is 17.7 Å². The molecule has 0 saturated heterocycles. The summed E-state index contributed by atoms with van der Waals surface area (Å²) in [7, 11) is 0. The third-order valence-electron chi connectivity index (χ3n) is 3.89. The number of rotatable bonds is 5. The normalized spacial score (nSPS) is 15.2. The molecule has 1 atom stereocenters. The van der Waals surface area contributed by atoms with Crippen molar-refractivity contribution in [1.29, 1.82) is 0 Å². The molecular weight excluding hydrogens is 324 g/mol. The lowest BCUT2D eigenvalue weighted by atomic mass is 10.1. The summed E-state index contributed by atoms with van der Waals surface area (Å²) < 4.78 is 11.4. The number of ether oxygens (including phenoxy) is 2. The number of fused-ring (bicyclic) bond motifs is 1. The monoisotopic (exact) mass is 342 g/mol. The van der Waals surface area contributed by atoms with Gasteiger partial charge in [-0.05, 0) is 32.0 Å². The average Bonchev–Trinajstić information content (AvgIpc) is 2.94. The zero-order valence-corrected chi connectivity index (χ0v) is 13.9. The summed E-state index contributed by atoms with van der Waals surface area (Å²) in [6.07, 6.45) is 0.886. The molecule has 25 heavy (non-hydrogen) atoms. The topological polar surface area (TPSA) is 90.7 Å². The number of nitrogens with one attached hydrogen (secondary N) is 1. The molecule has 3 rings (SSSR count). The van der Waals surface area contributed by atoms with Gasteiger partial charge in [0.2, 0.25) is 0 Å². The third kappa shape index (κ3) is 3.55. The van der Waals surface area contributed by atoms with Gasteiger partial charge in [0.25, 0.3) is 11.6 Å². The van der Waals surface area contributed by atoms with Crippen LogP contribution in [0.3, 0.4) is 0 Å². The van der Waals surface area contributed by atoms with E-state index in [9.17, 15) is 14.9 Å². The van der Waals surface area contributed by atoms with Crippen LogP contribution >= 0.6 is 0 Å². The third-order valence-corrected chi connectivity index (χ3v) is 3.89. The maximum absolute atomic E-state index is 12.4. The predicted octanol–water partition coefficient (Wildman–Crippen LogP) is 3.57.